The van der Waals surface area contributed by atoms with Crippen molar-refractivity contribution in [3.8, 4) is 0 Å². The Morgan fingerprint density at radius 2 is 1.83 bits per heavy atom. The predicted octanol–water partition coefficient (Wildman–Crippen LogP) is 0.485. The molecule has 0 radical (unpaired) electrons. The van der Waals surface area contributed by atoms with E-state index in [0.717, 1.165) is 0 Å². The molecule has 0 saturated heterocycles. The van der Waals surface area contributed by atoms with Crippen molar-refractivity contribution >= 4 is 27.3 Å². The number of nitro groups is 1. The minimum absolute atomic E-state index is 0.0879. The Bertz CT molecular complexity index is 428. The van der Waals surface area contributed by atoms with Crippen LogP contribution >= 0.6 is 15.9 Å². The predicted molar refractivity (Wildman–Crippen MR) is 68.4 cm³/mol. The first-order valence-electron chi connectivity index (χ1n) is 5.03. The highest BCUT2D eigenvalue weighted by atomic mass is 79.9. The van der Waals surface area contributed by atoms with Gasteiger partial charge >= 0.3 is 0 Å². The average Bonchev–Trinajstić information content (AvgIpc) is 2.38. The molecule has 18 heavy (non-hydrogen) atoms. The molecular formula is C10H13BrN2O5. The number of nitrogens with one attached hydrogen (secondary N) is 1. The fourth-order valence-electron chi connectivity index (χ4n) is 1.27. The van der Waals surface area contributed by atoms with Crippen molar-refractivity contribution in [3.05, 3.63) is 32.8 Å². The summed E-state index contributed by atoms with van der Waals surface area (Å²) in [5.74, 6) is 0. The van der Waals surface area contributed by atoms with E-state index in [2.05, 4.69) is 21.2 Å². The number of nitro benzene ring substituents is 1. The van der Waals surface area contributed by atoms with Gasteiger partial charge in [-0.2, -0.15) is 0 Å². The fraction of sp³-hybridized carbons (Fsp3) is 0.400. The highest BCUT2D eigenvalue weighted by Crippen LogP contribution is 2.29. The molecule has 0 spiro atoms. The van der Waals surface area contributed by atoms with Crippen LogP contribution in [0.25, 0.3) is 0 Å². The van der Waals surface area contributed by atoms with E-state index in [4.69, 9.17) is 15.3 Å². The van der Waals surface area contributed by atoms with Crippen LogP contribution in [-0.2, 0) is 0 Å². The number of halogens is 1. The zero-order chi connectivity index (χ0) is 13.8. The maximum Gasteiger partial charge on any atom is 0.270 e. The Labute approximate surface area is 111 Å². The molecule has 0 unspecified atom stereocenters. The number of non-ortho nitro benzene ring substituents is 1. The molecule has 0 fully saturated rings. The zero-order valence-electron chi connectivity index (χ0n) is 9.34. The summed E-state index contributed by atoms with van der Waals surface area (Å²) in [5.41, 5.74) is -0.939. The number of aliphatic hydroxyl groups excluding tert-OH is 3. The average molecular weight is 321 g/mol. The zero-order valence-corrected chi connectivity index (χ0v) is 10.9. The molecule has 0 saturated carbocycles. The summed E-state index contributed by atoms with van der Waals surface area (Å²) in [6, 6.07) is 4.00. The summed E-state index contributed by atoms with van der Waals surface area (Å²) in [6.07, 6.45) is 0. The minimum atomic E-state index is -1.28. The Hall–Kier alpha value is -1.22. The summed E-state index contributed by atoms with van der Waals surface area (Å²) in [7, 11) is 0. The van der Waals surface area contributed by atoms with E-state index in [0.29, 0.717) is 10.2 Å². The molecule has 7 nitrogen and oxygen atoms in total. The third kappa shape index (κ3) is 3.16. The third-order valence-corrected chi connectivity index (χ3v) is 3.13. The van der Waals surface area contributed by atoms with Gasteiger partial charge in [0.25, 0.3) is 5.69 Å². The summed E-state index contributed by atoms with van der Waals surface area (Å²) in [4.78, 5) is 10.0. The molecule has 0 atom stereocenters. The minimum Gasteiger partial charge on any atom is -0.394 e. The van der Waals surface area contributed by atoms with Gasteiger partial charge in [-0.15, -0.1) is 0 Å². The highest BCUT2D eigenvalue weighted by Gasteiger charge is 2.28. The Morgan fingerprint density at radius 3 is 2.22 bits per heavy atom. The van der Waals surface area contributed by atoms with Crippen LogP contribution in [0.5, 0.6) is 0 Å². The number of benzene rings is 1. The van der Waals surface area contributed by atoms with Crippen molar-refractivity contribution in [3.63, 3.8) is 0 Å². The highest BCUT2D eigenvalue weighted by molar-refractivity contribution is 9.10. The molecule has 0 aliphatic carbocycles. The van der Waals surface area contributed by atoms with Gasteiger partial charge in [0.2, 0.25) is 0 Å². The maximum absolute atomic E-state index is 10.6. The maximum atomic E-state index is 10.6. The lowest BCUT2D eigenvalue weighted by molar-refractivity contribution is -0.384. The van der Waals surface area contributed by atoms with Crippen molar-refractivity contribution in [2.24, 2.45) is 0 Å². The first-order chi connectivity index (χ1) is 8.48. The van der Waals surface area contributed by atoms with Gasteiger partial charge in [0.1, 0.15) is 5.54 Å². The SMILES string of the molecule is O=[N+]([O-])c1ccc(NC(CO)(CO)CO)c(Br)c1. The molecule has 0 aliphatic rings. The van der Waals surface area contributed by atoms with E-state index in [1.165, 1.54) is 18.2 Å². The number of anilines is 1. The standard InChI is InChI=1S/C10H13BrN2O5/c11-8-3-7(13(17)18)1-2-9(8)12-10(4-14,5-15)6-16/h1-3,12,14-16H,4-6H2. The van der Waals surface area contributed by atoms with Gasteiger partial charge in [-0.3, -0.25) is 10.1 Å². The lowest BCUT2D eigenvalue weighted by Gasteiger charge is -2.30. The van der Waals surface area contributed by atoms with Crippen LogP contribution in [0.4, 0.5) is 11.4 Å². The van der Waals surface area contributed by atoms with E-state index in [1.807, 2.05) is 0 Å². The van der Waals surface area contributed by atoms with Crippen LogP contribution in [0.15, 0.2) is 22.7 Å². The van der Waals surface area contributed by atoms with Crippen LogP contribution < -0.4 is 5.32 Å². The van der Waals surface area contributed by atoms with Gasteiger partial charge in [0.05, 0.1) is 24.7 Å². The van der Waals surface area contributed by atoms with Crippen LogP contribution in [0.1, 0.15) is 0 Å². The van der Waals surface area contributed by atoms with Gasteiger partial charge < -0.3 is 20.6 Å². The Kier molecular flexibility index (Phi) is 5.03. The number of hydrogen-bond acceptors (Lipinski definition) is 6. The second-order valence-electron chi connectivity index (χ2n) is 3.80. The third-order valence-electron chi connectivity index (χ3n) is 2.47. The summed E-state index contributed by atoms with van der Waals surface area (Å²) in [5, 5.41) is 40.8. The normalized spacial score (nSPS) is 11.3. The van der Waals surface area contributed by atoms with Crippen molar-refractivity contribution < 1.29 is 20.2 Å². The summed E-state index contributed by atoms with van der Waals surface area (Å²) < 4.78 is 0.399. The van der Waals surface area contributed by atoms with Crippen LogP contribution in [-0.4, -0.2) is 45.6 Å². The molecule has 100 valence electrons. The van der Waals surface area contributed by atoms with Gasteiger partial charge in [-0.05, 0) is 22.0 Å². The van der Waals surface area contributed by atoms with E-state index >= 15 is 0 Å². The van der Waals surface area contributed by atoms with Crippen LogP contribution in [0.2, 0.25) is 0 Å². The molecule has 0 aromatic heterocycles. The number of rotatable bonds is 6. The van der Waals surface area contributed by atoms with Gasteiger partial charge in [0, 0.05) is 22.3 Å². The van der Waals surface area contributed by atoms with Crippen molar-refractivity contribution in [1.29, 1.82) is 0 Å². The molecule has 1 aromatic carbocycles. The van der Waals surface area contributed by atoms with Gasteiger partial charge in [-0.1, -0.05) is 0 Å². The molecule has 4 N–H and O–H groups in total. The first-order valence-corrected chi connectivity index (χ1v) is 5.82. The Morgan fingerprint density at radius 1 is 1.28 bits per heavy atom. The lowest BCUT2D eigenvalue weighted by atomic mass is 10.0. The van der Waals surface area contributed by atoms with Crippen molar-refractivity contribution in [2.45, 2.75) is 5.54 Å². The van der Waals surface area contributed by atoms with E-state index in [9.17, 15) is 10.1 Å². The largest absolute Gasteiger partial charge is 0.394 e. The quantitative estimate of drug-likeness (QED) is 0.447. The lowest BCUT2D eigenvalue weighted by Crippen LogP contribution is -2.49. The summed E-state index contributed by atoms with van der Waals surface area (Å²) in [6.45, 7) is -1.45. The van der Waals surface area contributed by atoms with E-state index in [1.54, 1.807) is 0 Å². The van der Waals surface area contributed by atoms with Gasteiger partial charge in [-0.25, -0.2) is 0 Å². The molecular weight excluding hydrogens is 308 g/mol. The first kappa shape index (κ1) is 14.8. The molecule has 0 bridgehead atoms. The van der Waals surface area contributed by atoms with E-state index in [-0.39, 0.29) is 5.69 Å². The topological polar surface area (TPSA) is 116 Å². The monoisotopic (exact) mass is 320 g/mol. The molecule has 1 rings (SSSR count). The van der Waals surface area contributed by atoms with Crippen molar-refractivity contribution in [2.75, 3.05) is 25.1 Å². The number of hydrogen-bond donors (Lipinski definition) is 4. The van der Waals surface area contributed by atoms with Crippen molar-refractivity contribution in [1.82, 2.24) is 0 Å². The van der Waals surface area contributed by atoms with Gasteiger partial charge in [0.15, 0.2) is 0 Å². The molecule has 0 heterocycles. The summed E-state index contributed by atoms with van der Waals surface area (Å²) >= 11 is 3.14. The number of aliphatic hydroxyl groups is 3. The van der Waals surface area contributed by atoms with Crippen LogP contribution in [0.3, 0.4) is 0 Å². The second-order valence-corrected chi connectivity index (χ2v) is 4.66. The number of nitrogens with zero attached hydrogens (tertiary/aromatic N) is 1. The molecule has 1 aromatic rings. The Balaban J connectivity index is 3.01. The second kappa shape index (κ2) is 6.10. The fourth-order valence-corrected chi connectivity index (χ4v) is 1.74. The molecule has 0 aliphatic heterocycles. The smallest absolute Gasteiger partial charge is 0.270 e. The van der Waals surface area contributed by atoms with E-state index < -0.39 is 30.3 Å². The van der Waals surface area contributed by atoms with Crippen LogP contribution in [0, 0.1) is 10.1 Å². The molecule has 8 heteroatoms. The molecule has 0 amide bonds.